The van der Waals surface area contributed by atoms with Crippen LogP contribution in [-0.2, 0) is 32.7 Å². The zero-order valence-corrected chi connectivity index (χ0v) is 19.7. The van der Waals surface area contributed by atoms with Crippen molar-refractivity contribution >= 4 is 37.3 Å². The van der Waals surface area contributed by atoms with Gasteiger partial charge in [0.05, 0.1) is 27.4 Å². The number of carbonyl (C=O) groups is 2. The summed E-state index contributed by atoms with van der Waals surface area (Å²) in [7, 11) is -1.42. The lowest BCUT2D eigenvalue weighted by Gasteiger charge is -2.29. The van der Waals surface area contributed by atoms with Crippen molar-refractivity contribution in [1.82, 2.24) is 0 Å². The highest BCUT2D eigenvalue weighted by molar-refractivity contribution is 7.54. The van der Waals surface area contributed by atoms with Crippen molar-refractivity contribution in [3.05, 3.63) is 34.9 Å². The van der Waals surface area contributed by atoms with Crippen molar-refractivity contribution < 1.29 is 32.7 Å². The lowest BCUT2D eigenvalue weighted by molar-refractivity contribution is -0.162. The third-order valence-corrected chi connectivity index (χ3v) is 6.86. The van der Waals surface area contributed by atoms with Gasteiger partial charge in [0.2, 0.25) is 0 Å². The summed E-state index contributed by atoms with van der Waals surface area (Å²) < 4.78 is 34.0. The topological polar surface area (TPSA) is 100 Å². The molecule has 1 unspecified atom stereocenters. The van der Waals surface area contributed by atoms with Gasteiger partial charge in [0, 0.05) is 22.2 Å². The van der Waals surface area contributed by atoms with Crippen molar-refractivity contribution in [2.24, 2.45) is 16.3 Å². The standard InChI is InChI=1S/C20H29ClNO7P/c1-7-28-30(25,29-8-2)17(14-11-9-10-12-15(14)21)22-13-20(3,4)16(18(23)26-5)19(24)27-6/h9-13,16-17H,7-8H2,1-6H3/b22-13+. The molecule has 0 aromatic heterocycles. The maximum atomic E-state index is 13.5. The van der Waals surface area contributed by atoms with E-state index in [9.17, 15) is 14.2 Å². The largest absolute Gasteiger partial charge is 0.468 e. The maximum absolute atomic E-state index is 13.5. The van der Waals surface area contributed by atoms with Crippen LogP contribution >= 0.6 is 19.2 Å². The molecule has 1 aromatic carbocycles. The lowest BCUT2D eigenvalue weighted by atomic mass is 9.79. The molecule has 1 atom stereocenters. The third-order valence-electron chi connectivity index (χ3n) is 4.27. The van der Waals surface area contributed by atoms with Crippen molar-refractivity contribution in [3.63, 3.8) is 0 Å². The fourth-order valence-electron chi connectivity index (χ4n) is 2.83. The molecule has 168 valence electrons. The van der Waals surface area contributed by atoms with E-state index in [-0.39, 0.29) is 13.2 Å². The minimum Gasteiger partial charge on any atom is -0.468 e. The Balaban J connectivity index is 3.53. The maximum Gasteiger partial charge on any atom is 0.359 e. The fraction of sp³-hybridized carbons (Fsp3) is 0.550. The molecule has 0 saturated carbocycles. The predicted molar refractivity (Wildman–Crippen MR) is 115 cm³/mol. The number of aliphatic imine (C=N–C) groups is 1. The average Bonchev–Trinajstić information content (AvgIpc) is 2.69. The molecule has 0 aliphatic carbocycles. The van der Waals surface area contributed by atoms with Crippen LogP contribution in [0.3, 0.4) is 0 Å². The Kier molecular flexibility index (Phi) is 10.2. The van der Waals surface area contributed by atoms with E-state index in [1.807, 2.05) is 0 Å². The zero-order valence-electron chi connectivity index (χ0n) is 18.1. The number of ether oxygens (including phenoxy) is 2. The Bertz CT molecular complexity index is 786. The summed E-state index contributed by atoms with van der Waals surface area (Å²) in [5.41, 5.74) is -0.702. The molecule has 1 aromatic rings. The Morgan fingerprint density at radius 1 is 1.10 bits per heavy atom. The van der Waals surface area contributed by atoms with Crippen molar-refractivity contribution in [2.75, 3.05) is 27.4 Å². The first-order chi connectivity index (χ1) is 14.1. The van der Waals surface area contributed by atoms with Gasteiger partial charge in [-0.3, -0.25) is 19.1 Å². The van der Waals surface area contributed by atoms with Crippen molar-refractivity contribution in [2.45, 2.75) is 33.5 Å². The van der Waals surface area contributed by atoms with Crippen LogP contribution in [0.4, 0.5) is 0 Å². The number of hydrogen-bond acceptors (Lipinski definition) is 8. The molecule has 0 N–H and O–H groups in total. The van der Waals surface area contributed by atoms with E-state index in [4.69, 9.17) is 30.1 Å². The van der Waals surface area contributed by atoms with Crippen LogP contribution in [0.25, 0.3) is 0 Å². The Morgan fingerprint density at radius 2 is 1.60 bits per heavy atom. The number of methoxy groups -OCH3 is 2. The molecule has 0 bridgehead atoms. The quantitative estimate of drug-likeness (QED) is 0.204. The molecule has 0 radical (unpaired) electrons. The first-order valence-electron chi connectivity index (χ1n) is 9.41. The Labute approximate surface area is 182 Å². The molecule has 0 aliphatic heterocycles. The summed E-state index contributed by atoms with van der Waals surface area (Å²) in [6.45, 7) is 6.87. The van der Waals surface area contributed by atoms with E-state index < -0.39 is 36.7 Å². The van der Waals surface area contributed by atoms with E-state index >= 15 is 0 Å². The van der Waals surface area contributed by atoms with E-state index in [2.05, 4.69) is 4.99 Å². The van der Waals surface area contributed by atoms with Gasteiger partial charge < -0.3 is 18.5 Å². The van der Waals surface area contributed by atoms with Crippen LogP contribution in [0.5, 0.6) is 0 Å². The molecule has 0 fully saturated rings. The molecule has 0 heterocycles. The molecular formula is C20H29ClNO7P. The van der Waals surface area contributed by atoms with E-state index in [1.54, 1.807) is 52.0 Å². The smallest absolute Gasteiger partial charge is 0.359 e. The normalized spacial score (nSPS) is 13.5. The van der Waals surface area contributed by atoms with Gasteiger partial charge in [-0.15, -0.1) is 0 Å². The summed E-state index contributed by atoms with van der Waals surface area (Å²) in [6.07, 6.45) is 1.37. The molecule has 0 saturated heterocycles. The van der Waals surface area contributed by atoms with Crippen LogP contribution in [0, 0.1) is 11.3 Å². The van der Waals surface area contributed by atoms with E-state index in [1.165, 1.54) is 20.4 Å². The van der Waals surface area contributed by atoms with E-state index in [0.717, 1.165) is 0 Å². The van der Waals surface area contributed by atoms with Crippen molar-refractivity contribution in [1.29, 1.82) is 0 Å². The van der Waals surface area contributed by atoms with E-state index in [0.29, 0.717) is 10.6 Å². The summed E-state index contributed by atoms with van der Waals surface area (Å²) in [4.78, 5) is 28.9. The highest BCUT2D eigenvalue weighted by Crippen LogP contribution is 2.62. The first kappa shape index (κ1) is 26.3. The molecule has 30 heavy (non-hydrogen) atoms. The summed E-state index contributed by atoms with van der Waals surface area (Å²) >= 11 is 6.33. The second kappa shape index (κ2) is 11.6. The Hall–Kier alpha value is -1.73. The first-order valence-corrected chi connectivity index (χ1v) is 11.4. The minimum absolute atomic E-state index is 0.129. The average molecular weight is 462 g/mol. The van der Waals surface area contributed by atoms with Gasteiger partial charge in [-0.25, -0.2) is 0 Å². The molecule has 0 amide bonds. The monoisotopic (exact) mass is 461 g/mol. The summed E-state index contributed by atoms with van der Waals surface area (Å²) in [6, 6.07) is 6.76. The SMILES string of the molecule is CCOP(=O)(OCC)C(/N=C/C(C)(C)C(C(=O)OC)C(=O)OC)c1ccccc1Cl. The van der Waals surface area contributed by atoms with Gasteiger partial charge in [0.25, 0.3) is 0 Å². The Morgan fingerprint density at radius 3 is 2.03 bits per heavy atom. The van der Waals surface area contributed by atoms with Crippen LogP contribution in [0.1, 0.15) is 39.0 Å². The number of rotatable bonds is 11. The second-order valence-electron chi connectivity index (χ2n) is 6.85. The van der Waals surface area contributed by atoms with Gasteiger partial charge in [0.15, 0.2) is 11.7 Å². The van der Waals surface area contributed by atoms with Crippen molar-refractivity contribution in [3.8, 4) is 0 Å². The number of carbonyl (C=O) groups excluding carboxylic acids is 2. The van der Waals surface area contributed by atoms with Gasteiger partial charge in [-0.05, 0) is 19.9 Å². The molecule has 10 heteroatoms. The number of benzene rings is 1. The van der Waals surface area contributed by atoms with Gasteiger partial charge in [0.1, 0.15) is 0 Å². The number of esters is 2. The molecular weight excluding hydrogens is 433 g/mol. The molecule has 8 nitrogen and oxygen atoms in total. The predicted octanol–water partition coefficient (Wildman–Crippen LogP) is 4.66. The summed E-state index contributed by atoms with van der Waals surface area (Å²) in [5, 5.41) is 0.328. The zero-order chi connectivity index (χ0) is 22.9. The summed E-state index contributed by atoms with van der Waals surface area (Å²) in [5.74, 6) is -3.92. The number of hydrogen-bond donors (Lipinski definition) is 0. The third kappa shape index (κ3) is 6.38. The molecule has 1 rings (SSSR count). The van der Waals surface area contributed by atoms with Gasteiger partial charge >= 0.3 is 19.5 Å². The highest BCUT2D eigenvalue weighted by atomic mass is 35.5. The number of nitrogens with zero attached hydrogens (tertiary/aromatic N) is 1. The number of halogens is 1. The van der Waals surface area contributed by atoms with Crippen LogP contribution in [0.15, 0.2) is 29.3 Å². The van der Waals surface area contributed by atoms with Gasteiger partial charge in [-0.2, -0.15) is 0 Å². The molecule has 0 aliphatic rings. The van der Waals surface area contributed by atoms with Crippen LogP contribution < -0.4 is 0 Å². The lowest BCUT2D eigenvalue weighted by Crippen LogP contribution is -2.40. The minimum atomic E-state index is -3.77. The highest BCUT2D eigenvalue weighted by Gasteiger charge is 2.43. The van der Waals surface area contributed by atoms with Crippen LogP contribution in [0.2, 0.25) is 5.02 Å². The molecule has 0 spiro atoms. The van der Waals surface area contributed by atoms with Crippen LogP contribution in [-0.4, -0.2) is 45.6 Å². The fourth-order valence-corrected chi connectivity index (χ4v) is 5.02. The second-order valence-corrected chi connectivity index (χ2v) is 9.34. The van der Waals surface area contributed by atoms with Gasteiger partial charge in [-0.1, -0.05) is 43.6 Å².